The number of amides is 2. The molecule has 1 aliphatic carbocycles. The number of benzene rings is 2. The van der Waals surface area contributed by atoms with Crippen molar-refractivity contribution in [1.82, 2.24) is 15.2 Å². The van der Waals surface area contributed by atoms with Crippen molar-refractivity contribution < 1.29 is 14.4 Å². The minimum absolute atomic E-state index is 0.00689. The molecule has 0 bridgehead atoms. The summed E-state index contributed by atoms with van der Waals surface area (Å²) in [6, 6.07) is 15.6. The van der Waals surface area contributed by atoms with E-state index in [9.17, 15) is 14.4 Å². The Kier molecular flexibility index (Phi) is 6.90. The number of hydrogen-bond acceptors (Lipinski definition) is 6. The summed E-state index contributed by atoms with van der Waals surface area (Å²) in [6.45, 7) is 8.05. The van der Waals surface area contributed by atoms with Crippen LogP contribution in [-0.4, -0.2) is 47.1 Å². The average Bonchev–Trinajstić information content (AvgIpc) is 3.48. The molecule has 3 aromatic rings. The van der Waals surface area contributed by atoms with Gasteiger partial charge >= 0.3 is 0 Å². The standard InChI is InChI=1S/C33H37N5O3/c1-32(2,3)31(41)38(19-23-7-4-6-21-11-13-34-18-27(21)23)26(20-39)17-36-25-10-9-22-15-33(16-24(22)14-25)28-8-5-12-35-29(28)37-30(33)40/h4-10,12,14,20,26,34,36H,11,13,15-19H2,1-3H3,(H,35,37,40). The van der Waals surface area contributed by atoms with E-state index in [2.05, 4.69) is 45.2 Å². The maximum absolute atomic E-state index is 13.7. The highest BCUT2D eigenvalue weighted by atomic mass is 16.2. The van der Waals surface area contributed by atoms with Gasteiger partial charge in [-0.05, 0) is 71.8 Å². The van der Waals surface area contributed by atoms with E-state index in [0.717, 1.165) is 53.7 Å². The van der Waals surface area contributed by atoms with Crippen LogP contribution in [0, 0.1) is 5.41 Å². The predicted octanol–water partition coefficient (Wildman–Crippen LogP) is 3.77. The molecule has 2 aromatic carbocycles. The fraction of sp³-hybridized carbons (Fsp3) is 0.394. The molecule has 6 rings (SSSR count). The summed E-state index contributed by atoms with van der Waals surface area (Å²) >= 11 is 0. The fourth-order valence-corrected chi connectivity index (χ4v) is 6.52. The Morgan fingerprint density at radius 1 is 1.12 bits per heavy atom. The summed E-state index contributed by atoms with van der Waals surface area (Å²) in [5.41, 5.74) is 6.40. The Balaban J connectivity index is 1.22. The third-order valence-corrected chi connectivity index (χ3v) is 8.74. The molecule has 41 heavy (non-hydrogen) atoms. The van der Waals surface area contributed by atoms with Crippen molar-refractivity contribution in [3.8, 4) is 0 Å². The molecule has 1 aromatic heterocycles. The van der Waals surface area contributed by atoms with E-state index < -0.39 is 16.9 Å². The van der Waals surface area contributed by atoms with Crippen LogP contribution in [0.5, 0.6) is 0 Å². The molecule has 1 spiro atoms. The summed E-state index contributed by atoms with van der Waals surface area (Å²) in [4.78, 5) is 45.3. The Morgan fingerprint density at radius 3 is 2.76 bits per heavy atom. The molecule has 0 saturated heterocycles. The second-order valence-corrected chi connectivity index (χ2v) is 12.5. The largest absolute Gasteiger partial charge is 0.383 e. The quantitative estimate of drug-likeness (QED) is 0.387. The van der Waals surface area contributed by atoms with Crippen molar-refractivity contribution in [3.63, 3.8) is 0 Å². The van der Waals surface area contributed by atoms with E-state index >= 15 is 0 Å². The van der Waals surface area contributed by atoms with Crippen molar-refractivity contribution in [2.24, 2.45) is 5.41 Å². The van der Waals surface area contributed by atoms with Crippen LogP contribution in [-0.2, 0) is 52.2 Å². The summed E-state index contributed by atoms with van der Waals surface area (Å²) < 4.78 is 0. The molecular formula is C33H37N5O3. The molecule has 8 heteroatoms. The number of pyridine rings is 1. The Hall–Kier alpha value is -4.04. The molecule has 3 aliphatic rings. The second kappa shape index (κ2) is 10.4. The zero-order valence-corrected chi connectivity index (χ0v) is 23.9. The van der Waals surface area contributed by atoms with E-state index in [1.807, 2.05) is 45.0 Å². The lowest BCUT2D eigenvalue weighted by molar-refractivity contribution is -0.144. The monoisotopic (exact) mass is 551 g/mol. The van der Waals surface area contributed by atoms with Gasteiger partial charge in [-0.25, -0.2) is 4.98 Å². The molecule has 0 fully saturated rings. The van der Waals surface area contributed by atoms with Crippen molar-refractivity contribution in [1.29, 1.82) is 0 Å². The van der Waals surface area contributed by atoms with E-state index in [1.165, 1.54) is 11.1 Å². The molecule has 8 nitrogen and oxygen atoms in total. The lowest BCUT2D eigenvalue weighted by Gasteiger charge is -2.35. The van der Waals surface area contributed by atoms with Crippen LogP contribution in [0.15, 0.2) is 54.7 Å². The molecule has 3 N–H and O–H groups in total. The van der Waals surface area contributed by atoms with Crippen LogP contribution in [0.2, 0.25) is 0 Å². The summed E-state index contributed by atoms with van der Waals surface area (Å²) in [5.74, 6) is 0.581. The Labute approximate surface area is 240 Å². The molecule has 2 atom stereocenters. The van der Waals surface area contributed by atoms with Gasteiger partial charge < -0.3 is 25.6 Å². The number of carbonyl (C=O) groups is 3. The number of rotatable bonds is 7. The lowest BCUT2D eigenvalue weighted by Crippen LogP contribution is -2.49. The van der Waals surface area contributed by atoms with Crippen LogP contribution in [0.4, 0.5) is 11.5 Å². The van der Waals surface area contributed by atoms with E-state index in [1.54, 1.807) is 11.1 Å². The van der Waals surface area contributed by atoms with Gasteiger partial charge in [0.25, 0.3) is 0 Å². The summed E-state index contributed by atoms with van der Waals surface area (Å²) in [6.07, 6.45) is 4.76. The molecule has 0 saturated carbocycles. The molecular weight excluding hydrogens is 514 g/mol. The molecule has 0 radical (unpaired) electrons. The van der Waals surface area contributed by atoms with Crippen molar-refractivity contribution in [2.45, 2.75) is 64.6 Å². The number of hydrogen-bond donors (Lipinski definition) is 3. The number of nitrogens with one attached hydrogen (secondary N) is 3. The zero-order chi connectivity index (χ0) is 28.8. The fourth-order valence-electron chi connectivity index (χ4n) is 6.52. The summed E-state index contributed by atoms with van der Waals surface area (Å²) in [7, 11) is 0. The van der Waals surface area contributed by atoms with Gasteiger partial charge in [0.15, 0.2) is 0 Å². The third-order valence-electron chi connectivity index (χ3n) is 8.74. The highest BCUT2D eigenvalue weighted by Crippen LogP contribution is 2.47. The first kappa shape index (κ1) is 27.1. The summed E-state index contributed by atoms with van der Waals surface area (Å²) in [5, 5.41) is 9.81. The van der Waals surface area contributed by atoms with Crippen LogP contribution in [0.3, 0.4) is 0 Å². The van der Waals surface area contributed by atoms with E-state index in [-0.39, 0.29) is 18.4 Å². The van der Waals surface area contributed by atoms with Crippen molar-refractivity contribution in [2.75, 3.05) is 23.7 Å². The van der Waals surface area contributed by atoms with Crippen LogP contribution in [0.1, 0.15) is 54.2 Å². The van der Waals surface area contributed by atoms with Crippen LogP contribution in [0.25, 0.3) is 0 Å². The topological polar surface area (TPSA) is 103 Å². The number of carbonyl (C=O) groups excluding carboxylic acids is 3. The van der Waals surface area contributed by atoms with E-state index in [0.29, 0.717) is 25.2 Å². The van der Waals surface area contributed by atoms with Crippen molar-refractivity contribution in [3.05, 3.63) is 88.1 Å². The first-order chi connectivity index (χ1) is 19.7. The number of nitrogens with zero attached hydrogens (tertiary/aromatic N) is 2. The number of aldehydes is 1. The Morgan fingerprint density at radius 2 is 1.95 bits per heavy atom. The lowest BCUT2D eigenvalue weighted by atomic mass is 9.79. The van der Waals surface area contributed by atoms with Gasteiger partial charge in [-0.15, -0.1) is 0 Å². The molecule has 2 amide bonds. The van der Waals surface area contributed by atoms with Gasteiger partial charge in [-0.3, -0.25) is 9.59 Å². The minimum atomic E-state index is -0.646. The molecule has 2 aliphatic heterocycles. The predicted molar refractivity (Wildman–Crippen MR) is 159 cm³/mol. The molecule has 3 heterocycles. The molecule has 2 unspecified atom stereocenters. The maximum atomic E-state index is 13.7. The van der Waals surface area contributed by atoms with Gasteiger partial charge in [-0.1, -0.05) is 51.1 Å². The van der Waals surface area contributed by atoms with Gasteiger partial charge in [0.2, 0.25) is 11.8 Å². The first-order valence-electron chi connectivity index (χ1n) is 14.4. The average molecular weight is 552 g/mol. The van der Waals surface area contributed by atoms with Crippen molar-refractivity contribution >= 4 is 29.6 Å². The number of anilines is 2. The van der Waals surface area contributed by atoms with Crippen LogP contribution < -0.4 is 16.0 Å². The van der Waals surface area contributed by atoms with Crippen LogP contribution >= 0.6 is 0 Å². The van der Waals surface area contributed by atoms with E-state index in [4.69, 9.17) is 0 Å². The minimum Gasteiger partial charge on any atom is -0.383 e. The Bertz CT molecular complexity index is 1530. The third kappa shape index (κ3) is 4.90. The normalized spacial score (nSPS) is 19.6. The van der Waals surface area contributed by atoms with Gasteiger partial charge in [0, 0.05) is 42.5 Å². The second-order valence-electron chi connectivity index (χ2n) is 12.5. The van der Waals surface area contributed by atoms with Gasteiger partial charge in [0.1, 0.15) is 18.1 Å². The number of fused-ring (bicyclic) bond motifs is 4. The number of aromatic nitrogens is 1. The maximum Gasteiger partial charge on any atom is 0.237 e. The SMILES string of the molecule is CC(C)(C)C(=O)N(Cc1cccc2c1CNCC2)C(C=O)CNc1ccc2c(c1)CC1(C2)C(=O)Nc2ncccc21. The smallest absolute Gasteiger partial charge is 0.237 e. The first-order valence-corrected chi connectivity index (χ1v) is 14.4. The van der Waals surface area contributed by atoms with Gasteiger partial charge in [-0.2, -0.15) is 0 Å². The highest BCUT2D eigenvalue weighted by molar-refractivity contribution is 6.06. The zero-order valence-electron chi connectivity index (χ0n) is 23.9. The molecule has 212 valence electrons. The van der Waals surface area contributed by atoms with Gasteiger partial charge in [0.05, 0.1) is 5.41 Å². The highest BCUT2D eigenvalue weighted by Gasteiger charge is 2.51.